The zero-order valence-electron chi connectivity index (χ0n) is 7.51. The zero-order valence-corrected chi connectivity index (χ0v) is 7.51. The van der Waals surface area contributed by atoms with Gasteiger partial charge in [-0.05, 0) is 11.6 Å². The summed E-state index contributed by atoms with van der Waals surface area (Å²) in [6.07, 6.45) is 0.133. The smallest absolute Gasteiger partial charge is 0.324 e. The molecule has 0 unspecified atom stereocenters. The Morgan fingerprint density at radius 3 is 2.93 bits per heavy atom. The van der Waals surface area contributed by atoms with E-state index in [0.717, 1.165) is 11.3 Å². The zero-order chi connectivity index (χ0) is 10.1. The molecule has 74 valence electrons. The molecule has 1 aromatic rings. The fraction of sp³-hybridized carbons (Fsp3) is 0.300. The molecule has 0 radical (unpaired) electrons. The van der Waals surface area contributed by atoms with Crippen LogP contribution in [0.4, 0.5) is 0 Å². The van der Waals surface area contributed by atoms with Crippen LogP contribution >= 0.6 is 0 Å². The molecular formula is C10H11NO3. The first-order valence-electron chi connectivity index (χ1n) is 4.41. The molecule has 3 N–H and O–H groups in total. The van der Waals surface area contributed by atoms with E-state index >= 15 is 0 Å². The van der Waals surface area contributed by atoms with E-state index in [1.165, 1.54) is 0 Å². The van der Waals surface area contributed by atoms with E-state index in [0.29, 0.717) is 6.42 Å². The lowest BCUT2D eigenvalue weighted by Crippen LogP contribution is -2.44. The Labute approximate surface area is 81.3 Å². The lowest BCUT2D eigenvalue weighted by Gasteiger charge is -2.14. The van der Waals surface area contributed by atoms with E-state index in [1.54, 1.807) is 0 Å². The van der Waals surface area contributed by atoms with Crippen molar-refractivity contribution in [2.45, 2.75) is 18.6 Å². The van der Waals surface area contributed by atoms with Gasteiger partial charge in [0.05, 0.1) is 0 Å². The largest absolute Gasteiger partial charge is 0.488 e. The van der Waals surface area contributed by atoms with Crippen molar-refractivity contribution >= 4 is 5.97 Å². The van der Waals surface area contributed by atoms with Gasteiger partial charge in [-0.3, -0.25) is 4.79 Å². The third kappa shape index (κ3) is 1.44. The second-order valence-electron chi connectivity index (χ2n) is 3.33. The minimum absolute atomic E-state index is 0.440. The van der Waals surface area contributed by atoms with Crippen LogP contribution in [0.25, 0.3) is 0 Å². The highest BCUT2D eigenvalue weighted by atomic mass is 16.5. The van der Waals surface area contributed by atoms with Crippen LogP contribution in [0.2, 0.25) is 0 Å². The molecule has 1 aliphatic heterocycles. The predicted octanol–water partition coefficient (Wildman–Crippen LogP) is 0.402. The average Bonchev–Trinajstić information content (AvgIpc) is 2.59. The minimum Gasteiger partial charge on any atom is -0.488 e. The molecule has 4 heteroatoms. The summed E-state index contributed by atoms with van der Waals surface area (Å²) in [5.41, 5.74) is 6.50. The SMILES string of the molecule is N[C@H](C(=O)O)[C@@H]1Cc2ccccc2O1. The fourth-order valence-corrected chi connectivity index (χ4v) is 1.57. The highest BCUT2D eigenvalue weighted by Gasteiger charge is 2.31. The van der Waals surface area contributed by atoms with Gasteiger partial charge < -0.3 is 15.6 Å². The quantitative estimate of drug-likeness (QED) is 0.713. The van der Waals surface area contributed by atoms with Gasteiger partial charge in [-0.15, -0.1) is 0 Å². The van der Waals surface area contributed by atoms with Crippen molar-refractivity contribution in [1.29, 1.82) is 0 Å². The van der Waals surface area contributed by atoms with E-state index < -0.39 is 18.1 Å². The summed E-state index contributed by atoms with van der Waals surface area (Å²) in [7, 11) is 0. The molecule has 1 aliphatic rings. The molecule has 1 heterocycles. The first-order valence-corrected chi connectivity index (χ1v) is 4.41. The first kappa shape index (κ1) is 9.02. The highest BCUT2D eigenvalue weighted by Crippen LogP contribution is 2.28. The monoisotopic (exact) mass is 193 g/mol. The second kappa shape index (κ2) is 3.31. The number of benzene rings is 1. The average molecular weight is 193 g/mol. The summed E-state index contributed by atoms with van der Waals surface area (Å²) in [6.45, 7) is 0. The van der Waals surface area contributed by atoms with Gasteiger partial charge in [0.25, 0.3) is 0 Å². The lowest BCUT2D eigenvalue weighted by atomic mass is 10.1. The number of nitrogens with two attached hydrogens (primary N) is 1. The maximum atomic E-state index is 10.6. The van der Waals surface area contributed by atoms with Crippen LogP contribution in [0.5, 0.6) is 5.75 Å². The van der Waals surface area contributed by atoms with Gasteiger partial charge in [0.2, 0.25) is 0 Å². The summed E-state index contributed by atoms with van der Waals surface area (Å²) >= 11 is 0. The molecule has 0 spiro atoms. The molecule has 14 heavy (non-hydrogen) atoms. The lowest BCUT2D eigenvalue weighted by molar-refractivity contribution is -0.140. The topological polar surface area (TPSA) is 72.6 Å². The highest BCUT2D eigenvalue weighted by molar-refractivity contribution is 5.74. The maximum absolute atomic E-state index is 10.6. The van der Waals surface area contributed by atoms with Crippen molar-refractivity contribution in [1.82, 2.24) is 0 Å². The number of hydrogen-bond acceptors (Lipinski definition) is 3. The van der Waals surface area contributed by atoms with Crippen LogP contribution in [0.3, 0.4) is 0 Å². The van der Waals surface area contributed by atoms with Crippen LogP contribution in [-0.4, -0.2) is 23.2 Å². The predicted molar refractivity (Wildman–Crippen MR) is 50.2 cm³/mol. The Hall–Kier alpha value is -1.55. The van der Waals surface area contributed by atoms with E-state index in [9.17, 15) is 4.79 Å². The molecule has 2 atom stereocenters. The molecule has 4 nitrogen and oxygen atoms in total. The van der Waals surface area contributed by atoms with Gasteiger partial charge in [-0.1, -0.05) is 18.2 Å². The molecular weight excluding hydrogens is 182 g/mol. The van der Waals surface area contributed by atoms with E-state index in [1.807, 2.05) is 24.3 Å². The third-order valence-corrected chi connectivity index (χ3v) is 2.36. The summed E-state index contributed by atoms with van der Waals surface area (Å²) < 4.78 is 5.42. The summed E-state index contributed by atoms with van der Waals surface area (Å²) in [5.74, 6) is -0.281. The van der Waals surface area contributed by atoms with E-state index in [4.69, 9.17) is 15.6 Å². The second-order valence-corrected chi connectivity index (χ2v) is 3.33. The molecule has 0 aliphatic carbocycles. The molecule has 0 aromatic heterocycles. The number of aliphatic carboxylic acids is 1. The minimum atomic E-state index is -1.03. The Balaban J connectivity index is 2.15. The number of ether oxygens (including phenoxy) is 1. The normalized spacial score (nSPS) is 21.1. The summed E-state index contributed by atoms with van der Waals surface area (Å²) in [6, 6.07) is 6.54. The summed E-state index contributed by atoms with van der Waals surface area (Å²) in [5, 5.41) is 8.72. The molecule has 2 rings (SSSR count). The van der Waals surface area contributed by atoms with E-state index in [2.05, 4.69) is 0 Å². The van der Waals surface area contributed by atoms with Crippen molar-refractivity contribution in [3.05, 3.63) is 29.8 Å². The standard InChI is InChI=1S/C10H11NO3/c11-9(10(12)13)8-5-6-3-1-2-4-7(6)14-8/h1-4,8-9H,5,11H2,(H,12,13)/t8-,9-/m0/s1. The van der Waals surface area contributed by atoms with Gasteiger partial charge in [-0.2, -0.15) is 0 Å². The number of carboxylic acid groups (broad SMARTS) is 1. The molecule has 0 saturated heterocycles. The van der Waals surface area contributed by atoms with Crippen molar-refractivity contribution in [2.75, 3.05) is 0 Å². The fourth-order valence-electron chi connectivity index (χ4n) is 1.57. The van der Waals surface area contributed by atoms with Crippen molar-refractivity contribution in [3.8, 4) is 5.75 Å². The Morgan fingerprint density at radius 2 is 2.29 bits per heavy atom. The van der Waals surface area contributed by atoms with Gasteiger partial charge >= 0.3 is 5.97 Å². The van der Waals surface area contributed by atoms with Crippen molar-refractivity contribution < 1.29 is 14.6 Å². The molecule has 0 bridgehead atoms. The number of carboxylic acids is 1. The van der Waals surface area contributed by atoms with Crippen molar-refractivity contribution in [3.63, 3.8) is 0 Å². The maximum Gasteiger partial charge on any atom is 0.324 e. The Morgan fingerprint density at radius 1 is 1.57 bits per heavy atom. The van der Waals surface area contributed by atoms with Gasteiger partial charge in [0.1, 0.15) is 17.9 Å². The number of rotatable bonds is 2. The number of hydrogen-bond donors (Lipinski definition) is 2. The van der Waals surface area contributed by atoms with Crippen molar-refractivity contribution in [2.24, 2.45) is 5.73 Å². The molecule has 0 saturated carbocycles. The van der Waals surface area contributed by atoms with Crippen LogP contribution in [-0.2, 0) is 11.2 Å². The van der Waals surface area contributed by atoms with Crippen LogP contribution < -0.4 is 10.5 Å². The van der Waals surface area contributed by atoms with Crippen LogP contribution in [0, 0.1) is 0 Å². The van der Waals surface area contributed by atoms with Crippen LogP contribution in [0.15, 0.2) is 24.3 Å². The molecule has 0 amide bonds. The van der Waals surface area contributed by atoms with Gasteiger partial charge in [0.15, 0.2) is 0 Å². The Bertz CT molecular complexity index is 339. The number of para-hydroxylation sites is 1. The number of fused-ring (bicyclic) bond motifs is 1. The van der Waals surface area contributed by atoms with Crippen LogP contribution in [0.1, 0.15) is 5.56 Å². The Kier molecular flexibility index (Phi) is 2.13. The van der Waals surface area contributed by atoms with E-state index in [-0.39, 0.29) is 0 Å². The summed E-state index contributed by atoms with van der Waals surface area (Å²) in [4.78, 5) is 10.6. The van der Waals surface area contributed by atoms with Gasteiger partial charge in [-0.25, -0.2) is 0 Å². The third-order valence-electron chi connectivity index (χ3n) is 2.36. The first-order chi connectivity index (χ1) is 6.68. The molecule has 0 fully saturated rings. The van der Waals surface area contributed by atoms with Gasteiger partial charge in [0, 0.05) is 6.42 Å². The number of carbonyl (C=O) groups is 1. The molecule has 1 aromatic carbocycles.